The largest absolute Gasteiger partial charge is 0.480 e. The maximum Gasteiger partial charge on any atom is 0.322 e. The van der Waals surface area contributed by atoms with Crippen molar-refractivity contribution in [3.05, 3.63) is 0 Å². The molecule has 1 atom stereocenters. The fourth-order valence-electron chi connectivity index (χ4n) is 1.41. The average Bonchev–Trinajstić information content (AvgIpc) is 2.26. The molecule has 0 aliphatic heterocycles. The Morgan fingerprint density at radius 3 is 2.62 bits per heavy atom. The van der Waals surface area contributed by atoms with Gasteiger partial charge in [0.1, 0.15) is 6.04 Å². The second kappa shape index (κ2) is 10.9. The zero-order chi connectivity index (χ0) is 12.2. The second-order valence-electron chi connectivity index (χ2n) is 3.95. The minimum atomic E-state index is -0.806. The number of carbonyl (C=O) groups is 1. The number of hydrazine groups is 1. The summed E-state index contributed by atoms with van der Waals surface area (Å²) >= 11 is 0. The molecule has 0 aromatic rings. The topological polar surface area (TPSA) is 87.4 Å². The molecule has 0 aliphatic rings. The van der Waals surface area contributed by atoms with Crippen molar-refractivity contribution in [1.29, 1.82) is 0 Å². The van der Waals surface area contributed by atoms with Crippen LogP contribution >= 0.6 is 0 Å². The first-order chi connectivity index (χ1) is 7.72. The van der Waals surface area contributed by atoms with Crippen LogP contribution in [0.25, 0.3) is 0 Å². The molecule has 5 nitrogen and oxygen atoms in total. The van der Waals surface area contributed by atoms with Gasteiger partial charge in [0.25, 0.3) is 0 Å². The number of aliphatic carboxylic acids is 1. The van der Waals surface area contributed by atoms with Crippen LogP contribution in [-0.2, 0) is 4.79 Å². The van der Waals surface area contributed by atoms with Crippen molar-refractivity contribution in [3.63, 3.8) is 0 Å². The van der Waals surface area contributed by atoms with E-state index >= 15 is 0 Å². The molecular formula is C11H25N3O2. The fraction of sp³-hybridized carbons (Fsp3) is 0.909. The summed E-state index contributed by atoms with van der Waals surface area (Å²) in [5.41, 5.74) is 11.2. The van der Waals surface area contributed by atoms with E-state index in [0.717, 1.165) is 25.8 Å². The third kappa shape index (κ3) is 8.64. The first-order valence-electron chi connectivity index (χ1n) is 6.13. The predicted molar refractivity (Wildman–Crippen MR) is 65.0 cm³/mol. The minimum Gasteiger partial charge on any atom is -0.480 e. The lowest BCUT2D eigenvalue weighted by atomic mass is 10.1. The van der Waals surface area contributed by atoms with E-state index < -0.39 is 12.0 Å². The van der Waals surface area contributed by atoms with Crippen LogP contribution in [0.3, 0.4) is 0 Å². The molecule has 0 unspecified atom stereocenters. The van der Waals surface area contributed by atoms with Crippen molar-refractivity contribution in [3.8, 4) is 0 Å². The molecule has 0 aliphatic carbocycles. The fourth-order valence-corrected chi connectivity index (χ4v) is 1.41. The van der Waals surface area contributed by atoms with E-state index in [9.17, 15) is 4.79 Å². The molecule has 96 valence electrons. The average molecular weight is 231 g/mol. The summed E-state index contributed by atoms with van der Waals surface area (Å²) in [5, 5.41) is 8.94. The lowest BCUT2D eigenvalue weighted by molar-refractivity contribution is -0.140. The number of rotatable bonds is 11. The van der Waals surface area contributed by atoms with E-state index in [2.05, 4.69) is 17.8 Å². The maximum atomic E-state index is 10.9. The van der Waals surface area contributed by atoms with Gasteiger partial charge in [-0.2, -0.15) is 0 Å². The first-order valence-corrected chi connectivity index (χ1v) is 6.13. The Balaban J connectivity index is 3.56. The van der Waals surface area contributed by atoms with E-state index in [-0.39, 0.29) is 0 Å². The van der Waals surface area contributed by atoms with Gasteiger partial charge in [0.2, 0.25) is 0 Å². The highest BCUT2D eigenvalue weighted by Gasteiger charge is 2.15. The molecule has 0 saturated carbocycles. The van der Waals surface area contributed by atoms with E-state index in [1.165, 1.54) is 12.8 Å². The number of nitrogens with one attached hydrogen (secondary N) is 2. The number of nitrogens with two attached hydrogens (primary N) is 1. The van der Waals surface area contributed by atoms with Crippen molar-refractivity contribution >= 4 is 5.97 Å². The van der Waals surface area contributed by atoms with Crippen LogP contribution in [0.5, 0.6) is 0 Å². The molecule has 5 N–H and O–H groups in total. The Kier molecular flexibility index (Phi) is 10.4. The summed E-state index contributed by atoms with van der Waals surface area (Å²) in [7, 11) is 0. The molecule has 0 spiro atoms. The van der Waals surface area contributed by atoms with Gasteiger partial charge in [0.05, 0.1) is 0 Å². The summed E-state index contributed by atoms with van der Waals surface area (Å²) in [5.74, 6) is -0.806. The SMILES string of the molecule is CCCCCNN[C@@H](CCCCN)C(=O)O. The van der Waals surface area contributed by atoms with Gasteiger partial charge in [-0.3, -0.25) is 10.2 Å². The predicted octanol–water partition coefficient (Wildman–Crippen LogP) is 0.853. The third-order valence-electron chi connectivity index (χ3n) is 2.43. The minimum absolute atomic E-state index is 0.506. The molecule has 0 rings (SSSR count). The van der Waals surface area contributed by atoms with Crippen LogP contribution in [0, 0.1) is 0 Å². The van der Waals surface area contributed by atoms with Gasteiger partial charge in [0, 0.05) is 6.54 Å². The van der Waals surface area contributed by atoms with Gasteiger partial charge >= 0.3 is 5.97 Å². The van der Waals surface area contributed by atoms with Crippen molar-refractivity contribution in [1.82, 2.24) is 10.9 Å². The molecule has 0 heterocycles. The molecular weight excluding hydrogens is 206 g/mol. The van der Waals surface area contributed by atoms with E-state index in [1.54, 1.807) is 0 Å². The Hall–Kier alpha value is -0.650. The standard InChI is InChI=1S/C11H25N3O2/c1-2-3-6-9-13-14-10(11(15)16)7-4-5-8-12/h10,13-14H,2-9,12H2,1H3,(H,15,16)/t10-/m0/s1. The summed E-state index contributed by atoms with van der Waals surface area (Å²) in [6.45, 7) is 3.57. The highest BCUT2D eigenvalue weighted by Crippen LogP contribution is 1.99. The van der Waals surface area contributed by atoms with Crippen LogP contribution in [0.2, 0.25) is 0 Å². The van der Waals surface area contributed by atoms with Crippen molar-refractivity contribution in [2.75, 3.05) is 13.1 Å². The molecule has 0 amide bonds. The summed E-state index contributed by atoms with van der Waals surface area (Å²) in [6.07, 6.45) is 5.74. The van der Waals surface area contributed by atoms with Gasteiger partial charge in [-0.05, 0) is 32.2 Å². The van der Waals surface area contributed by atoms with Crippen LogP contribution < -0.4 is 16.6 Å². The summed E-state index contributed by atoms with van der Waals surface area (Å²) in [6, 6.07) is -0.506. The molecule has 0 aromatic heterocycles. The Labute approximate surface area is 97.8 Å². The Morgan fingerprint density at radius 2 is 2.06 bits per heavy atom. The van der Waals surface area contributed by atoms with Gasteiger partial charge in [-0.15, -0.1) is 0 Å². The smallest absolute Gasteiger partial charge is 0.322 e. The van der Waals surface area contributed by atoms with Gasteiger partial charge in [-0.25, -0.2) is 5.43 Å². The number of carboxylic acid groups (broad SMARTS) is 1. The van der Waals surface area contributed by atoms with Crippen molar-refractivity contribution in [2.45, 2.75) is 51.5 Å². The normalized spacial score (nSPS) is 12.6. The molecule has 0 fully saturated rings. The zero-order valence-corrected chi connectivity index (χ0v) is 10.2. The number of hydrogen-bond donors (Lipinski definition) is 4. The maximum absolute atomic E-state index is 10.9. The van der Waals surface area contributed by atoms with Crippen molar-refractivity contribution in [2.24, 2.45) is 5.73 Å². The van der Waals surface area contributed by atoms with E-state index in [4.69, 9.17) is 10.8 Å². The highest BCUT2D eigenvalue weighted by atomic mass is 16.4. The Bertz CT molecular complexity index is 177. The molecule has 0 radical (unpaired) electrons. The highest BCUT2D eigenvalue weighted by molar-refractivity contribution is 5.73. The Morgan fingerprint density at radius 1 is 1.31 bits per heavy atom. The van der Waals surface area contributed by atoms with Crippen LogP contribution in [0.15, 0.2) is 0 Å². The van der Waals surface area contributed by atoms with E-state index in [0.29, 0.717) is 13.0 Å². The number of unbranched alkanes of at least 4 members (excludes halogenated alkanes) is 3. The summed E-state index contributed by atoms with van der Waals surface area (Å²) < 4.78 is 0. The van der Waals surface area contributed by atoms with Crippen LogP contribution in [0.1, 0.15) is 45.4 Å². The van der Waals surface area contributed by atoms with Gasteiger partial charge < -0.3 is 10.8 Å². The van der Waals surface area contributed by atoms with E-state index in [1.807, 2.05) is 0 Å². The zero-order valence-electron chi connectivity index (χ0n) is 10.2. The number of hydrogen-bond acceptors (Lipinski definition) is 4. The second-order valence-corrected chi connectivity index (χ2v) is 3.95. The van der Waals surface area contributed by atoms with Gasteiger partial charge in [0.15, 0.2) is 0 Å². The molecule has 0 bridgehead atoms. The van der Waals surface area contributed by atoms with Crippen molar-refractivity contribution < 1.29 is 9.90 Å². The quantitative estimate of drug-likeness (QED) is 0.313. The lowest BCUT2D eigenvalue weighted by Crippen LogP contribution is -2.45. The number of carboxylic acids is 1. The van der Waals surface area contributed by atoms with Gasteiger partial charge in [-0.1, -0.05) is 19.8 Å². The van der Waals surface area contributed by atoms with Crippen LogP contribution in [0.4, 0.5) is 0 Å². The molecule has 0 aromatic carbocycles. The summed E-state index contributed by atoms with van der Waals surface area (Å²) in [4.78, 5) is 10.9. The third-order valence-corrected chi connectivity index (χ3v) is 2.43. The molecule has 16 heavy (non-hydrogen) atoms. The first kappa shape index (κ1) is 15.3. The van der Waals surface area contributed by atoms with Crippen LogP contribution in [-0.4, -0.2) is 30.2 Å². The molecule has 0 saturated heterocycles. The monoisotopic (exact) mass is 231 g/mol. The lowest BCUT2D eigenvalue weighted by Gasteiger charge is -2.14. The molecule has 5 heteroatoms.